The van der Waals surface area contributed by atoms with E-state index in [1.165, 1.54) is 4.90 Å². The highest BCUT2D eigenvalue weighted by Gasteiger charge is 2.32. The van der Waals surface area contributed by atoms with Gasteiger partial charge < -0.3 is 10.0 Å². The van der Waals surface area contributed by atoms with Gasteiger partial charge in [0.2, 0.25) is 0 Å². The van der Waals surface area contributed by atoms with E-state index in [9.17, 15) is 14.7 Å². The standard InChI is InChI=1S/C14H16INO3/c1-9-10(5-4-6-11(9)15)13(17)16-8-3-2-7-12(16)14(18)19/h4-6,12H,2-3,7-8H2,1H3,(H,18,19). The molecule has 1 heterocycles. The molecule has 2 rings (SSSR count). The lowest BCUT2D eigenvalue weighted by atomic mass is 9.99. The zero-order chi connectivity index (χ0) is 14.0. The van der Waals surface area contributed by atoms with Crippen LogP contribution in [-0.2, 0) is 4.79 Å². The second-order valence-corrected chi connectivity index (χ2v) is 5.92. The number of carboxylic acids is 1. The first kappa shape index (κ1) is 14.3. The highest BCUT2D eigenvalue weighted by molar-refractivity contribution is 14.1. The van der Waals surface area contributed by atoms with Crippen molar-refractivity contribution in [3.63, 3.8) is 0 Å². The van der Waals surface area contributed by atoms with Crippen molar-refractivity contribution in [2.24, 2.45) is 0 Å². The summed E-state index contributed by atoms with van der Waals surface area (Å²) >= 11 is 2.19. The van der Waals surface area contributed by atoms with Gasteiger partial charge in [0.25, 0.3) is 5.91 Å². The van der Waals surface area contributed by atoms with Crippen LogP contribution in [0.15, 0.2) is 18.2 Å². The average molecular weight is 373 g/mol. The van der Waals surface area contributed by atoms with Crippen molar-refractivity contribution in [3.05, 3.63) is 32.9 Å². The van der Waals surface area contributed by atoms with E-state index in [-0.39, 0.29) is 5.91 Å². The van der Waals surface area contributed by atoms with Gasteiger partial charge in [0, 0.05) is 15.7 Å². The zero-order valence-corrected chi connectivity index (χ0v) is 12.9. The summed E-state index contributed by atoms with van der Waals surface area (Å²) in [5.74, 6) is -1.07. The maximum Gasteiger partial charge on any atom is 0.326 e. The predicted octanol–water partition coefficient (Wildman–Crippen LogP) is 2.68. The molecule has 0 aromatic heterocycles. The number of amides is 1. The maximum absolute atomic E-state index is 12.5. The molecule has 1 unspecified atom stereocenters. The van der Waals surface area contributed by atoms with Gasteiger partial charge in [-0.1, -0.05) is 6.07 Å². The van der Waals surface area contributed by atoms with E-state index in [2.05, 4.69) is 22.6 Å². The third-order valence-electron chi connectivity index (χ3n) is 3.55. The van der Waals surface area contributed by atoms with Crippen LogP contribution in [0, 0.1) is 10.5 Å². The topological polar surface area (TPSA) is 57.6 Å². The minimum absolute atomic E-state index is 0.164. The molecule has 1 aromatic rings. The Bertz CT molecular complexity index is 515. The Morgan fingerprint density at radius 2 is 2.11 bits per heavy atom. The third kappa shape index (κ3) is 2.91. The molecule has 1 atom stereocenters. The van der Waals surface area contributed by atoms with Gasteiger partial charge in [-0.25, -0.2) is 4.79 Å². The van der Waals surface area contributed by atoms with Crippen molar-refractivity contribution in [2.45, 2.75) is 32.2 Å². The van der Waals surface area contributed by atoms with E-state index < -0.39 is 12.0 Å². The molecule has 0 saturated carbocycles. The molecule has 0 bridgehead atoms. The second kappa shape index (κ2) is 5.90. The van der Waals surface area contributed by atoms with Gasteiger partial charge in [0.15, 0.2) is 0 Å². The minimum Gasteiger partial charge on any atom is -0.480 e. The van der Waals surface area contributed by atoms with Crippen molar-refractivity contribution >= 4 is 34.5 Å². The van der Waals surface area contributed by atoms with Crippen LogP contribution in [0.5, 0.6) is 0 Å². The van der Waals surface area contributed by atoms with Crippen molar-refractivity contribution in [2.75, 3.05) is 6.54 Å². The SMILES string of the molecule is Cc1c(I)cccc1C(=O)N1CCCCC1C(=O)O. The second-order valence-electron chi connectivity index (χ2n) is 4.76. The van der Waals surface area contributed by atoms with E-state index in [0.29, 0.717) is 18.5 Å². The Balaban J connectivity index is 2.31. The largest absolute Gasteiger partial charge is 0.480 e. The Hall–Kier alpha value is -1.11. The predicted molar refractivity (Wildman–Crippen MR) is 80.2 cm³/mol. The van der Waals surface area contributed by atoms with Crippen molar-refractivity contribution in [1.29, 1.82) is 0 Å². The quantitative estimate of drug-likeness (QED) is 0.812. The molecule has 0 radical (unpaired) electrons. The van der Waals surface area contributed by atoms with Gasteiger partial charge in [0.05, 0.1) is 0 Å². The Morgan fingerprint density at radius 1 is 1.37 bits per heavy atom. The molecule has 1 amide bonds. The lowest BCUT2D eigenvalue weighted by Crippen LogP contribution is -2.48. The number of piperidine rings is 1. The number of rotatable bonds is 2. The monoisotopic (exact) mass is 373 g/mol. The molecule has 1 aromatic carbocycles. The number of nitrogens with zero attached hydrogens (tertiary/aromatic N) is 1. The number of halogens is 1. The fourth-order valence-corrected chi connectivity index (χ4v) is 2.92. The van der Waals surface area contributed by atoms with Gasteiger partial charge in [0.1, 0.15) is 6.04 Å². The zero-order valence-electron chi connectivity index (χ0n) is 10.7. The minimum atomic E-state index is -0.906. The molecule has 5 heteroatoms. The number of carbonyl (C=O) groups excluding carboxylic acids is 1. The summed E-state index contributed by atoms with van der Waals surface area (Å²) in [5.41, 5.74) is 1.53. The van der Waals surface area contributed by atoms with Crippen LogP contribution in [0.4, 0.5) is 0 Å². The van der Waals surface area contributed by atoms with Crippen LogP contribution in [0.2, 0.25) is 0 Å². The van der Waals surface area contributed by atoms with E-state index in [4.69, 9.17) is 0 Å². The van der Waals surface area contributed by atoms with Crippen molar-refractivity contribution in [1.82, 2.24) is 4.90 Å². The summed E-state index contributed by atoms with van der Waals surface area (Å²) in [7, 11) is 0. The maximum atomic E-state index is 12.5. The van der Waals surface area contributed by atoms with E-state index in [1.807, 2.05) is 19.1 Å². The fourth-order valence-electron chi connectivity index (χ4n) is 2.43. The van der Waals surface area contributed by atoms with Gasteiger partial charge in [-0.05, 0) is 66.5 Å². The van der Waals surface area contributed by atoms with E-state index in [0.717, 1.165) is 22.0 Å². The van der Waals surface area contributed by atoms with Gasteiger partial charge in [-0.3, -0.25) is 4.79 Å². The van der Waals surface area contributed by atoms with E-state index in [1.54, 1.807) is 6.07 Å². The van der Waals surface area contributed by atoms with E-state index >= 15 is 0 Å². The molecule has 19 heavy (non-hydrogen) atoms. The normalized spacial score (nSPS) is 19.3. The first-order valence-corrected chi connectivity index (χ1v) is 7.39. The molecule has 102 valence electrons. The first-order valence-electron chi connectivity index (χ1n) is 6.31. The summed E-state index contributed by atoms with van der Waals surface area (Å²) in [6, 6.07) is 4.87. The van der Waals surface area contributed by atoms with Crippen LogP contribution < -0.4 is 0 Å². The van der Waals surface area contributed by atoms with Crippen molar-refractivity contribution in [3.8, 4) is 0 Å². The molecule has 1 aliphatic rings. The summed E-state index contributed by atoms with van der Waals surface area (Å²) in [4.78, 5) is 25.3. The molecule has 1 fully saturated rings. The van der Waals surface area contributed by atoms with Crippen LogP contribution in [0.3, 0.4) is 0 Å². The number of hydrogen-bond acceptors (Lipinski definition) is 2. The molecular weight excluding hydrogens is 357 g/mol. The smallest absolute Gasteiger partial charge is 0.326 e. The average Bonchev–Trinajstić information content (AvgIpc) is 2.41. The summed E-state index contributed by atoms with van der Waals surface area (Å²) in [5, 5.41) is 9.23. The Morgan fingerprint density at radius 3 is 2.79 bits per heavy atom. The molecule has 0 aliphatic carbocycles. The van der Waals surface area contributed by atoms with Crippen LogP contribution in [-0.4, -0.2) is 34.5 Å². The van der Waals surface area contributed by atoms with Crippen molar-refractivity contribution < 1.29 is 14.7 Å². The number of benzene rings is 1. The molecule has 1 saturated heterocycles. The molecule has 0 spiro atoms. The molecule has 4 nitrogen and oxygen atoms in total. The number of likely N-dealkylation sites (tertiary alicyclic amines) is 1. The summed E-state index contributed by atoms with van der Waals surface area (Å²) < 4.78 is 1.02. The highest BCUT2D eigenvalue weighted by atomic mass is 127. The molecule has 1 N–H and O–H groups in total. The number of carboxylic acid groups (broad SMARTS) is 1. The van der Waals surface area contributed by atoms with Crippen LogP contribution in [0.1, 0.15) is 35.2 Å². The molecule has 1 aliphatic heterocycles. The summed E-state index contributed by atoms with van der Waals surface area (Å²) in [6.45, 7) is 2.43. The first-order chi connectivity index (χ1) is 9.02. The van der Waals surface area contributed by atoms with Gasteiger partial charge in [-0.2, -0.15) is 0 Å². The number of aliphatic carboxylic acids is 1. The lowest BCUT2D eigenvalue weighted by molar-refractivity contribution is -0.143. The number of hydrogen-bond donors (Lipinski definition) is 1. The van der Waals surface area contributed by atoms with Crippen LogP contribution in [0.25, 0.3) is 0 Å². The van der Waals surface area contributed by atoms with Gasteiger partial charge >= 0.3 is 5.97 Å². The van der Waals surface area contributed by atoms with Crippen LogP contribution >= 0.6 is 22.6 Å². The Kier molecular flexibility index (Phi) is 4.44. The molecular formula is C14H16INO3. The fraction of sp³-hybridized carbons (Fsp3) is 0.429. The van der Waals surface area contributed by atoms with Gasteiger partial charge in [-0.15, -0.1) is 0 Å². The summed E-state index contributed by atoms with van der Waals surface area (Å²) in [6.07, 6.45) is 2.29. The highest BCUT2D eigenvalue weighted by Crippen LogP contribution is 2.23. The Labute approximate surface area is 125 Å². The number of carbonyl (C=O) groups is 2. The lowest BCUT2D eigenvalue weighted by Gasteiger charge is -2.33. The third-order valence-corrected chi connectivity index (χ3v) is 4.72.